The third-order valence-electron chi connectivity index (χ3n) is 2.63. The maximum atomic E-state index is 6.05. The van der Waals surface area contributed by atoms with Gasteiger partial charge in [-0.25, -0.2) is 0 Å². The van der Waals surface area contributed by atoms with Crippen molar-refractivity contribution >= 4 is 34.4 Å². The highest BCUT2D eigenvalue weighted by Gasteiger charge is 2.03. The van der Waals surface area contributed by atoms with Crippen LogP contribution in [0.4, 0.5) is 22.7 Å². The quantitative estimate of drug-likeness (QED) is 0.711. The molecule has 0 amide bonds. The second-order valence-electron chi connectivity index (χ2n) is 3.88. The number of nitrogens with one attached hydrogen (secondary N) is 1. The van der Waals surface area contributed by atoms with Crippen molar-refractivity contribution < 1.29 is 0 Å². The molecule has 0 saturated carbocycles. The first-order valence-corrected chi connectivity index (χ1v) is 5.63. The Morgan fingerprint density at radius 3 is 2.53 bits per heavy atom. The van der Waals surface area contributed by atoms with E-state index in [2.05, 4.69) is 5.32 Å². The minimum absolute atomic E-state index is 0.565. The normalized spacial score (nSPS) is 10.2. The molecule has 2 rings (SSSR count). The van der Waals surface area contributed by atoms with Crippen molar-refractivity contribution in [2.75, 3.05) is 16.8 Å². The summed E-state index contributed by atoms with van der Waals surface area (Å²) in [6.45, 7) is 1.96. The van der Waals surface area contributed by atoms with Gasteiger partial charge >= 0.3 is 0 Å². The topological polar surface area (TPSA) is 64.1 Å². The molecule has 0 aliphatic heterocycles. The summed E-state index contributed by atoms with van der Waals surface area (Å²) in [5.74, 6) is 0. The highest BCUT2D eigenvalue weighted by Crippen LogP contribution is 2.28. The molecule has 17 heavy (non-hydrogen) atoms. The lowest BCUT2D eigenvalue weighted by molar-refractivity contribution is 1.43. The van der Waals surface area contributed by atoms with Crippen LogP contribution in [0.1, 0.15) is 5.56 Å². The predicted molar refractivity (Wildman–Crippen MR) is 74.7 cm³/mol. The van der Waals surface area contributed by atoms with Crippen molar-refractivity contribution in [3.05, 3.63) is 47.0 Å². The van der Waals surface area contributed by atoms with E-state index < -0.39 is 0 Å². The number of benzene rings is 2. The first-order valence-electron chi connectivity index (χ1n) is 5.25. The summed E-state index contributed by atoms with van der Waals surface area (Å²) in [6.07, 6.45) is 0. The van der Waals surface area contributed by atoms with Crippen LogP contribution < -0.4 is 16.8 Å². The van der Waals surface area contributed by atoms with Crippen LogP contribution in [0.3, 0.4) is 0 Å². The van der Waals surface area contributed by atoms with Crippen molar-refractivity contribution in [2.45, 2.75) is 6.92 Å². The third kappa shape index (κ3) is 2.45. The molecule has 0 atom stereocenters. The molecule has 88 valence electrons. The van der Waals surface area contributed by atoms with Gasteiger partial charge in [0.2, 0.25) is 0 Å². The molecule has 2 aromatic carbocycles. The summed E-state index contributed by atoms with van der Waals surface area (Å²) >= 11 is 6.05. The maximum Gasteiger partial charge on any atom is 0.0568 e. The summed E-state index contributed by atoms with van der Waals surface area (Å²) in [4.78, 5) is 0. The molecule has 3 nitrogen and oxygen atoms in total. The van der Waals surface area contributed by atoms with Gasteiger partial charge in [-0.3, -0.25) is 0 Å². The maximum absolute atomic E-state index is 6.05. The van der Waals surface area contributed by atoms with Crippen LogP contribution in [-0.4, -0.2) is 0 Å². The molecular weight excluding hydrogens is 234 g/mol. The Morgan fingerprint density at radius 2 is 1.82 bits per heavy atom. The molecule has 0 radical (unpaired) electrons. The van der Waals surface area contributed by atoms with Gasteiger partial charge in [0, 0.05) is 16.4 Å². The van der Waals surface area contributed by atoms with Gasteiger partial charge < -0.3 is 16.8 Å². The molecule has 0 unspecified atom stereocenters. The van der Waals surface area contributed by atoms with Crippen molar-refractivity contribution in [2.24, 2.45) is 0 Å². The van der Waals surface area contributed by atoms with Crippen LogP contribution in [0.5, 0.6) is 0 Å². The summed E-state index contributed by atoms with van der Waals surface area (Å²) in [6, 6.07) is 11.2. The molecule has 0 aromatic heterocycles. The van der Waals surface area contributed by atoms with E-state index in [1.807, 2.05) is 31.2 Å². The Morgan fingerprint density at radius 1 is 1.06 bits per heavy atom. The first kappa shape index (κ1) is 11.6. The van der Waals surface area contributed by atoms with E-state index in [9.17, 15) is 0 Å². The Kier molecular flexibility index (Phi) is 3.11. The Balaban J connectivity index is 2.31. The van der Waals surface area contributed by atoms with Crippen molar-refractivity contribution in [3.63, 3.8) is 0 Å². The SMILES string of the molecule is Cc1c(Cl)cccc1Nc1ccc(N)c(N)c1. The third-order valence-corrected chi connectivity index (χ3v) is 3.04. The molecular formula is C13H14ClN3. The first-order chi connectivity index (χ1) is 8.08. The second kappa shape index (κ2) is 4.55. The number of anilines is 4. The van der Waals surface area contributed by atoms with E-state index >= 15 is 0 Å². The minimum atomic E-state index is 0.565. The van der Waals surface area contributed by atoms with Crippen molar-refractivity contribution in [1.29, 1.82) is 0 Å². The van der Waals surface area contributed by atoms with Crippen molar-refractivity contribution in [3.8, 4) is 0 Å². The fraction of sp³-hybridized carbons (Fsp3) is 0.0769. The average molecular weight is 248 g/mol. The monoisotopic (exact) mass is 247 g/mol. The van der Waals surface area contributed by atoms with E-state index in [1.54, 1.807) is 12.1 Å². The molecule has 5 N–H and O–H groups in total. The Labute approximate surface area is 105 Å². The number of rotatable bonds is 2. The van der Waals surface area contributed by atoms with Crippen LogP contribution >= 0.6 is 11.6 Å². The van der Waals surface area contributed by atoms with Gasteiger partial charge in [0.1, 0.15) is 0 Å². The van der Waals surface area contributed by atoms with Crippen LogP contribution in [0.15, 0.2) is 36.4 Å². The molecule has 0 bridgehead atoms. The fourth-order valence-corrected chi connectivity index (χ4v) is 1.73. The van der Waals surface area contributed by atoms with Gasteiger partial charge in [-0.15, -0.1) is 0 Å². The smallest absolute Gasteiger partial charge is 0.0568 e. The van der Waals surface area contributed by atoms with Crippen LogP contribution in [0, 0.1) is 6.92 Å². The van der Waals surface area contributed by atoms with E-state index in [0.717, 1.165) is 22.0 Å². The summed E-state index contributed by atoms with van der Waals surface area (Å²) in [5.41, 5.74) is 15.4. The van der Waals surface area contributed by atoms with E-state index in [4.69, 9.17) is 23.1 Å². The number of nitrogen functional groups attached to an aromatic ring is 2. The summed E-state index contributed by atoms with van der Waals surface area (Å²) in [7, 11) is 0. The van der Waals surface area contributed by atoms with Crippen LogP contribution in [0.2, 0.25) is 5.02 Å². The number of hydrogen-bond acceptors (Lipinski definition) is 3. The van der Waals surface area contributed by atoms with E-state index in [1.165, 1.54) is 0 Å². The lowest BCUT2D eigenvalue weighted by atomic mass is 10.2. The second-order valence-corrected chi connectivity index (χ2v) is 4.29. The van der Waals surface area contributed by atoms with Gasteiger partial charge in [0.15, 0.2) is 0 Å². The summed E-state index contributed by atoms with van der Waals surface area (Å²) in [5, 5.41) is 4.00. The molecule has 0 fully saturated rings. The van der Waals surface area contributed by atoms with Gasteiger partial charge in [0.05, 0.1) is 11.4 Å². The highest BCUT2D eigenvalue weighted by atomic mass is 35.5. The van der Waals surface area contributed by atoms with Gasteiger partial charge in [-0.2, -0.15) is 0 Å². The average Bonchev–Trinajstić information content (AvgIpc) is 2.30. The van der Waals surface area contributed by atoms with E-state index in [0.29, 0.717) is 11.4 Å². The zero-order chi connectivity index (χ0) is 12.4. The van der Waals surface area contributed by atoms with Crippen molar-refractivity contribution in [1.82, 2.24) is 0 Å². The van der Waals surface area contributed by atoms with Gasteiger partial charge in [0.25, 0.3) is 0 Å². The standard InChI is InChI=1S/C13H14ClN3/c1-8-10(14)3-2-4-13(8)17-9-5-6-11(15)12(16)7-9/h2-7,17H,15-16H2,1H3. The Bertz CT molecular complexity index is 552. The Hall–Kier alpha value is -1.87. The molecule has 0 aliphatic rings. The highest BCUT2D eigenvalue weighted by molar-refractivity contribution is 6.31. The number of nitrogens with two attached hydrogens (primary N) is 2. The number of hydrogen-bond donors (Lipinski definition) is 3. The number of halogens is 1. The molecule has 2 aromatic rings. The lowest BCUT2D eigenvalue weighted by Crippen LogP contribution is -1.98. The lowest BCUT2D eigenvalue weighted by Gasteiger charge is -2.11. The molecule has 0 saturated heterocycles. The summed E-state index contributed by atoms with van der Waals surface area (Å²) < 4.78 is 0. The molecule has 0 heterocycles. The molecule has 4 heteroatoms. The zero-order valence-corrected chi connectivity index (χ0v) is 10.3. The zero-order valence-electron chi connectivity index (χ0n) is 9.50. The fourth-order valence-electron chi connectivity index (χ4n) is 1.55. The predicted octanol–water partition coefficient (Wildman–Crippen LogP) is 3.56. The van der Waals surface area contributed by atoms with Gasteiger partial charge in [-0.1, -0.05) is 17.7 Å². The van der Waals surface area contributed by atoms with Gasteiger partial charge in [-0.05, 0) is 42.8 Å². The van der Waals surface area contributed by atoms with Crippen LogP contribution in [-0.2, 0) is 0 Å². The van der Waals surface area contributed by atoms with Crippen LogP contribution in [0.25, 0.3) is 0 Å². The largest absolute Gasteiger partial charge is 0.397 e. The molecule has 0 aliphatic carbocycles. The molecule has 0 spiro atoms. The minimum Gasteiger partial charge on any atom is -0.397 e. The van der Waals surface area contributed by atoms with E-state index in [-0.39, 0.29) is 0 Å².